The molecular formula is C7H9N3. The second kappa shape index (κ2) is 2.47. The van der Waals surface area contributed by atoms with Gasteiger partial charge in [0.1, 0.15) is 5.69 Å². The number of rotatable bonds is 1. The van der Waals surface area contributed by atoms with Gasteiger partial charge in [0.2, 0.25) is 0 Å². The maximum absolute atomic E-state index is 5.56. The van der Waals surface area contributed by atoms with E-state index in [0.717, 1.165) is 5.57 Å². The Labute approximate surface area is 59.6 Å². The lowest BCUT2D eigenvalue weighted by Gasteiger charge is -1.99. The van der Waals surface area contributed by atoms with Gasteiger partial charge >= 0.3 is 0 Å². The molecule has 0 atom stereocenters. The third-order valence-electron chi connectivity index (χ3n) is 1.16. The van der Waals surface area contributed by atoms with Crippen molar-refractivity contribution in [3.05, 3.63) is 24.5 Å². The highest BCUT2D eigenvalue weighted by atomic mass is 15.1. The van der Waals surface area contributed by atoms with Gasteiger partial charge in [-0.2, -0.15) is 5.10 Å². The summed E-state index contributed by atoms with van der Waals surface area (Å²) in [6.45, 7) is 5.55. The molecule has 0 unspecified atom stereocenters. The molecule has 10 heavy (non-hydrogen) atoms. The summed E-state index contributed by atoms with van der Waals surface area (Å²) in [5.41, 5.74) is 7.71. The van der Waals surface area contributed by atoms with Gasteiger partial charge in [-0.1, -0.05) is 6.58 Å². The molecule has 1 aromatic rings. The largest absolute Gasteiger partial charge is 0.397 e. The van der Waals surface area contributed by atoms with Crippen molar-refractivity contribution in [1.82, 2.24) is 10.2 Å². The van der Waals surface area contributed by atoms with Crippen LogP contribution in [0, 0.1) is 0 Å². The average molecular weight is 135 g/mol. The van der Waals surface area contributed by atoms with Crippen molar-refractivity contribution in [2.45, 2.75) is 6.92 Å². The number of nitrogens with two attached hydrogens (primary N) is 1. The Bertz CT molecular complexity index is 255. The number of anilines is 1. The van der Waals surface area contributed by atoms with Gasteiger partial charge in [0, 0.05) is 0 Å². The highest BCUT2D eigenvalue weighted by Gasteiger charge is 1.98. The maximum atomic E-state index is 5.56. The molecule has 0 amide bonds. The van der Waals surface area contributed by atoms with Crippen molar-refractivity contribution >= 4 is 11.3 Å². The number of aromatic nitrogens is 2. The maximum Gasteiger partial charge on any atom is 0.111 e. The van der Waals surface area contributed by atoms with Crippen LogP contribution < -0.4 is 5.73 Å². The fourth-order valence-corrected chi connectivity index (χ4v) is 0.673. The molecular weight excluding hydrogens is 126 g/mol. The van der Waals surface area contributed by atoms with Crippen LogP contribution in [0.15, 0.2) is 18.8 Å². The predicted octanol–water partition coefficient (Wildman–Crippen LogP) is 1.09. The molecule has 0 aromatic carbocycles. The smallest absolute Gasteiger partial charge is 0.111 e. The summed E-state index contributed by atoms with van der Waals surface area (Å²) in [5, 5.41) is 7.48. The Balaban J connectivity index is 3.15. The van der Waals surface area contributed by atoms with E-state index in [2.05, 4.69) is 16.8 Å². The van der Waals surface area contributed by atoms with Gasteiger partial charge in [-0.3, -0.25) is 0 Å². The van der Waals surface area contributed by atoms with E-state index < -0.39 is 0 Å². The summed E-state index contributed by atoms with van der Waals surface area (Å²) in [6.07, 6.45) is 1.56. The molecule has 0 aliphatic rings. The molecule has 0 spiro atoms. The fraction of sp³-hybridized carbons (Fsp3) is 0.143. The second-order valence-corrected chi connectivity index (χ2v) is 2.12. The minimum absolute atomic E-state index is 0.627. The normalized spacial score (nSPS) is 9.30. The quantitative estimate of drug-likeness (QED) is 0.627. The molecule has 3 nitrogen and oxygen atoms in total. The van der Waals surface area contributed by atoms with Gasteiger partial charge in [0.05, 0.1) is 11.9 Å². The van der Waals surface area contributed by atoms with E-state index in [1.807, 2.05) is 6.92 Å². The van der Waals surface area contributed by atoms with Crippen LogP contribution >= 0.6 is 0 Å². The number of nitrogens with zero attached hydrogens (tertiary/aromatic N) is 2. The van der Waals surface area contributed by atoms with E-state index >= 15 is 0 Å². The van der Waals surface area contributed by atoms with Crippen molar-refractivity contribution in [2.24, 2.45) is 0 Å². The molecule has 0 aliphatic carbocycles. The van der Waals surface area contributed by atoms with Crippen LogP contribution in [0.25, 0.3) is 5.57 Å². The van der Waals surface area contributed by atoms with Gasteiger partial charge < -0.3 is 5.73 Å². The van der Waals surface area contributed by atoms with Crippen LogP contribution in [0.1, 0.15) is 12.6 Å². The zero-order valence-electron chi connectivity index (χ0n) is 5.83. The molecule has 1 rings (SSSR count). The first-order chi connectivity index (χ1) is 4.72. The van der Waals surface area contributed by atoms with Crippen LogP contribution in [-0.2, 0) is 0 Å². The first kappa shape index (κ1) is 6.74. The van der Waals surface area contributed by atoms with Crippen molar-refractivity contribution in [3.8, 4) is 0 Å². The third-order valence-corrected chi connectivity index (χ3v) is 1.16. The van der Waals surface area contributed by atoms with Gasteiger partial charge in [0.25, 0.3) is 0 Å². The minimum atomic E-state index is 0.627. The summed E-state index contributed by atoms with van der Waals surface area (Å²) in [6, 6.07) is 1.71. The van der Waals surface area contributed by atoms with Crippen molar-refractivity contribution in [2.75, 3.05) is 5.73 Å². The van der Waals surface area contributed by atoms with E-state index in [4.69, 9.17) is 5.73 Å². The van der Waals surface area contributed by atoms with Crippen LogP contribution in [0.3, 0.4) is 0 Å². The molecule has 1 aromatic heterocycles. The lowest BCUT2D eigenvalue weighted by molar-refractivity contribution is 1.01. The van der Waals surface area contributed by atoms with Crippen molar-refractivity contribution < 1.29 is 0 Å². The zero-order chi connectivity index (χ0) is 7.56. The van der Waals surface area contributed by atoms with Crippen molar-refractivity contribution in [3.63, 3.8) is 0 Å². The molecule has 2 N–H and O–H groups in total. The van der Waals surface area contributed by atoms with E-state index in [1.54, 1.807) is 12.3 Å². The summed E-state index contributed by atoms with van der Waals surface area (Å²) in [5.74, 6) is 0. The molecule has 1 heterocycles. The Morgan fingerprint density at radius 3 is 2.80 bits per heavy atom. The predicted molar refractivity (Wildman–Crippen MR) is 41.2 cm³/mol. The first-order valence-electron chi connectivity index (χ1n) is 2.95. The minimum Gasteiger partial charge on any atom is -0.397 e. The van der Waals surface area contributed by atoms with E-state index in [0.29, 0.717) is 11.4 Å². The number of allylic oxidation sites excluding steroid dienone is 1. The summed E-state index contributed by atoms with van der Waals surface area (Å²) in [7, 11) is 0. The number of nitrogen functional groups attached to an aromatic ring is 1. The lowest BCUT2D eigenvalue weighted by Crippen LogP contribution is -1.96. The van der Waals surface area contributed by atoms with Gasteiger partial charge in [0.15, 0.2) is 0 Å². The second-order valence-electron chi connectivity index (χ2n) is 2.12. The van der Waals surface area contributed by atoms with Gasteiger partial charge in [-0.05, 0) is 18.6 Å². The zero-order valence-corrected chi connectivity index (χ0v) is 5.83. The standard InChI is InChI=1S/C7H9N3/c1-5(2)7-6(8)3-4-9-10-7/h3-4H,1H2,2H3,(H2,8,9). The number of hydrogen-bond donors (Lipinski definition) is 1. The Hall–Kier alpha value is -1.38. The summed E-state index contributed by atoms with van der Waals surface area (Å²) in [4.78, 5) is 0. The van der Waals surface area contributed by atoms with Crippen LogP contribution in [0.4, 0.5) is 5.69 Å². The lowest BCUT2D eigenvalue weighted by atomic mass is 10.2. The Morgan fingerprint density at radius 2 is 2.40 bits per heavy atom. The average Bonchev–Trinajstić information content (AvgIpc) is 1.88. The SMILES string of the molecule is C=C(C)c1nnccc1N. The van der Waals surface area contributed by atoms with E-state index in [9.17, 15) is 0 Å². The topological polar surface area (TPSA) is 51.8 Å². The molecule has 52 valence electrons. The van der Waals surface area contributed by atoms with Crippen LogP contribution in [-0.4, -0.2) is 10.2 Å². The van der Waals surface area contributed by atoms with E-state index in [1.165, 1.54) is 0 Å². The fourth-order valence-electron chi connectivity index (χ4n) is 0.673. The molecule has 0 aliphatic heterocycles. The Morgan fingerprint density at radius 1 is 1.70 bits per heavy atom. The Kier molecular flexibility index (Phi) is 1.67. The summed E-state index contributed by atoms with van der Waals surface area (Å²) < 4.78 is 0. The first-order valence-corrected chi connectivity index (χ1v) is 2.95. The van der Waals surface area contributed by atoms with E-state index in [-0.39, 0.29) is 0 Å². The van der Waals surface area contributed by atoms with Crippen molar-refractivity contribution in [1.29, 1.82) is 0 Å². The monoisotopic (exact) mass is 135 g/mol. The van der Waals surface area contributed by atoms with Crippen LogP contribution in [0.2, 0.25) is 0 Å². The molecule has 0 fully saturated rings. The molecule has 0 bridgehead atoms. The number of hydrogen-bond acceptors (Lipinski definition) is 3. The molecule has 3 heteroatoms. The third kappa shape index (κ3) is 1.13. The molecule has 0 radical (unpaired) electrons. The summed E-state index contributed by atoms with van der Waals surface area (Å²) >= 11 is 0. The molecule has 0 saturated heterocycles. The molecule has 0 saturated carbocycles. The highest BCUT2D eigenvalue weighted by Crippen LogP contribution is 2.13. The van der Waals surface area contributed by atoms with Gasteiger partial charge in [-0.15, -0.1) is 5.10 Å². The highest BCUT2D eigenvalue weighted by molar-refractivity contribution is 5.68. The van der Waals surface area contributed by atoms with Gasteiger partial charge in [-0.25, -0.2) is 0 Å². The van der Waals surface area contributed by atoms with Crippen LogP contribution in [0.5, 0.6) is 0 Å².